The number of carbonyl (C=O) groups is 2. The molecule has 1 atom stereocenters. The summed E-state index contributed by atoms with van der Waals surface area (Å²) in [7, 11) is 1.59. The molecule has 5 rings (SSSR count). The van der Waals surface area contributed by atoms with Crippen LogP contribution in [-0.4, -0.2) is 40.4 Å². The van der Waals surface area contributed by atoms with Crippen LogP contribution in [0.4, 0.5) is 13.2 Å². The zero-order valence-electron chi connectivity index (χ0n) is 24.3. The molecule has 0 saturated heterocycles. The Morgan fingerprint density at radius 2 is 1.66 bits per heavy atom. The maximum atomic E-state index is 14.1. The number of methoxy groups -OCH3 is 1. The van der Waals surface area contributed by atoms with Gasteiger partial charge in [-0.15, -0.1) is 0 Å². The maximum Gasteiger partial charge on any atom is 0.417 e. The van der Waals surface area contributed by atoms with Crippen LogP contribution in [0.15, 0.2) is 84.9 Å². The van der Waals surface area contributed by atoms with Crippen molar-refractivity contribution in [1.82, 2.24) is 15.1 Å². The lowest BCUT2D eigenvalue weighted by Crippen LogP contribution is -2.26. The van der Waals surface area contributed by atoms with Gasteiger partial charge in [-0.05, 0) is 66.6 Å². The zero-order valence-corrected chi connectivity index (χ0v) is 24.3. The third-order valence-electron chi connectivity index (χ3n) is 7.60. The summed E-state index contributed by atoms with van der Waals surface area (Å²) >= 11 is 0. The number of hydrogen-bond acceptors (Lipinski definition) is 4. The minimum atomic E-state index is -4.57. The number of benzene rings is 4. The fraction of sp³-hybridized carbons (Fsp3) is 0.206. The van der Waals surface area contributed by atoms with Gasteiger partial charge >= 0.3 is 12.1 Å². The zero-order chi connectivity index (χ0) is 31.6. The summed E-state index contributed by atoms with van der Waals surface area (Å²) in [5.41, 5.74) is 2.62. The van der Waals surface area contributed by atoms with Crippen LogP contribution >= 0.6 is 0 Å². The summed E-state index contributed by atoms with van der Waals surface area (Å²) in [4.78, 5) is 23.2. The first-order chi connectivity index (χ1) is 21.0. The number of hydrogen-bond donors (Lipinski definition) is 2. The number of fused-ring (bicyclic) bond motifs is 1. The molecule has 1 heterocycles. The highest BCUT2D eigenvalue weighted by Gasteiger charge is 2.35. The lowest BCUT2D eigenvalue weighted by atomic mass is 9.97. The van der Waals surface area contributed by atoms with Crippen LogP contribution in [0.1, 0.15) is 46.4 Å². The fourth-order valence-corrected chi connectivity index (χ4v) is 5.28. The van der Waals surface area contributed by atoms with E-state index in [-0.39, 0.29) is 24.2 Å². The lowest BCUT2D eigenvalue weighted by Gasteiger charge is -2.18. The SMILES string of the molecule is COc1ccc2cc(-c3c(C)c(-c4ccccc4C(F)(F)F)nn3C(C)c3ccc(C(=O)NCCC(=O)O)cc3)ccc2c1. The Morgan fingerprint density at radius 1 is 0.977 bits per heavy atom. The number of aliphatic carboxylic acids is 1. The number of carbonyl (C=O) groups excluding carboxylic acids is 1. The van der Waals surface area contributed by atoms with Crippen molar-refractivity contribution in [1.29, 1.82) is 0 Å². The van der Waals surface area contributed by atoms with E-state index in [4.69, 9.17) is 14.9 Å². The van der Waals surface area contributed by atoms with Crippen LogP contribution in [0, 0.1) is 6.92 Å². The van der Waals surface area contributed by atoms with Gasteiger partial charge in [-0.25, -0.2) is 0 Å². The van der Waals surface area contributed by atoms with Gasteiger partial charge < -0.3 is 15.2 Å². The number of amides is 1. The summed E-state index contributed by atoms with van der Waals surface area (Å²) in [6.45, 7) is 3.67. The van der Waals surface area contributed by atoms with Gasteiger partial charge in [0.05, 0.1) is 36.5 Å². The second-order valence-corrected chi connectivity index (χ2v) is 10.4. The van der Waals surface area contributed by atoms with E-state index in [9.17, 15) is 22.8 Å². The summed E-state index contributed by atoms with van der Waals surface area (Å²) in [6.07, 6.45) is -4.76. The number of halogens is 3. The molecule has 0 aliphatic heterocycles. The Balaban J connectivity index is 1.60. The van der Waals surface area contributed by atoms with Gasteiger partial charge in [0, 0.05) is 28.8 Å². The Kier molecular flexibility index (Phi) is 8.44. The van der Waals surface area contributed by atoms with Crippen molar-refractivity contribution in [3.63, 3.8) is 0 Å². The van der Waals surface area contributed by atoms with E-state index in [0.717, 1.165) is 28.0 Å². The van der Waals surface area contributed by atoms with Crippen LogP contribution in [0.2, 0.25) is 0 Å². The molecule has 226 valence electrons. The number of ether oxygens (including phenoxy) is 1. The predicted octanol–water partition coefficient (Wildman–Crippen LogP) is 7.52. The average molecular weight is 602 g/mol. The first-order valence-corrected chi connectivity index (χ1v) is 13.9. The van der Waals surface area contributed by atoms with Crippen molar-refractivity contribution in [2.75, 3.05) is 13.7 Å². The van der Waals surface area contributed by atoms with Crippen LogP contribution in [-0.2, 0) is 11.0 Å². The highest BCUT2D eigenvalue weighted by atomic mass is 19.4. The van der Waals surface area contributed by atoms with Crippen molar-refractivity contribution in [3.05, 3.63) is 107 Å². The molecule has 44 heavy (non-hydrogen) atoms. The van der Waals surface area contributed by atoms with E-state index in [2.05, 4.69) is 5.32 Å². The minimum absolute atomic E-state index is 0.00294. The Hall–Kier alpha value is -5.12. The van der Waals surface area contributed by atoms with E-state index in [0.29, 0.717) is 22.6 Å². The number of carboxylic acid groups (broad SMARTS) is 1. The van der Waals surface area contributed by atoms with E-state index in [1.54, 1.807) is 49.0 Å². The molecule has 0 bridgehead atoms. The van der Waals surface area contributed by atoms with Crippen molar-refractivity contribution in [2.24, 2.45) is 0 Å². The Bertz CT molecular complexity index is 1850. The molecule has 0 aliphatic rings. The van der Waals surface area contributed by atoms with E-state index in [1.165, 1.54) is 12.1 Å². The average Bonchev–Trinajstić information content (AvgIpc) is 3.36. The van der Waals surface area contributed by atoms with Crippen LogP contribution in [0.25, 0.3) is 33.3 Å². The minimum Gasteiger partial charge on any atom is -0.497 e. The van der Waals surface area contributed by atoms with Crippen LogP contribution in [0.5, 0.6) is 5.75 Å². The van der Waals surface area contributed by atoms with Gasteiger partial charge in [0.2, 0.25) is 0 Å². The molecule has 0 aliphatic carbocycles. The lowest BCUT2D eigenvalue weighted by molar-refractivity contribution is -0.137. The second-order valence-electron chi connectivity index (χ2n) is 10.4. The summed E-state index contributed by atoms with van der Waals surface area (Å²) < 4.78 is 49.3. The third-order valence-corrected chi connectivity index (χ3v) is 7.60. The summed E-state index contributed by atoms with van der Waals surface area (Å²) in [6, 6.07) is 23.3. The van der Waals surface area contributed by atoms with E-state index in [1.807, 2.05) is 43.3 Å². The largest absolute Gasteiger partial charge is 0.497 e. The molecule has 0 fully saturated rings. The number of nitrogens with one attached hydrogen (secondary N) is 1. The fourth-order valence-electron chi connectivity index (χ4n) is 5.28. The molecular weight excluding hydrogens is 571 g/mol. The number of alkyl halides is 3. The Morgan fingerprint density at radius 3 is 2.34 bits per heavy atom. The van der Waals surface area contributed by atoms with Gasteiger partial charge in [-0.2, -0.15) is 18.3 Å². The molecular formula is C34H30F3N3O4. The van der Waals surface area contributed by atoms with E-state index >= 15 is 0 Å². The van der Waals surface area contributed by atoms with Crippen molar-refractivity contribution < 1.29 is 32.6 Å². The van der Waals surface area contributed by atoms with Gasteiger partial charge in [-0.3, -0.25) is 14.3 Å². The Labute approximate surface area is 251 Å². The summed E-state index contributed by atoms with van der Waals surface area (Å²) in [5, 5.41) is 18.1. The molecule has 1 unspecified atom stereocenters. The molecule has 10 heteroatoms. The van der Waals surface area contributed by atoms with E-state index < -0.39 is 29.7 Å². The van der Waals surface area contributed by atoms with Crippen molar-refractivity contribution in [2.45, 2.75) is 32.5 Å². The predicted molar refractivity (Wildman–Crippen MR) is 162 cm³/mol. The number of carboxylic acids is 1. The first-order valence-electron chi connectivity index (χ1n) is 13.9. The molecule has 1 amide bonds. The number of nitrogens with zero attached hydrogens (tertiary/aromatic N) is 2. The normalized spacial score (nSPS) is 12.2. The number of aromatic nitrogens is 2. The monoisotopic (exact) mass is 601 g/mol. The molecule has 0 spiro atoms. The molecule has 0 radical (unpaired) electrons. The smallest absolute Gasteiger partial charge is 0.417 e. The molecule has 2 N–H and O–H groups in total. The quantitative estimate of drug-likeness (QED) is 0.182. The molecule has 7 nitrogen and oxygen atoms in total. The second kappa shape index (κ2) is 12.2. The van der Waals surface area contributed by atoms with Crippen LogP contribution in [0.3, 0.4) is 0 Å². The summed E-state index contributed by atoms with van der Waals surface area (Å²) in [5.74, 6) is -0.701. The first kappa shape index (κ1) is 30.3. The number of rotatable bonds is 9. The standard InChI is InChI=1S/C34H30F3N3O4/c1-20-31(28-6-4-5-7-29(28)34(35,36)37)39-40(32(20)26-13-12-25-19-27(44-3)15-14-24(25)18-26)21(2)22-8-10-23(11-9-22)33(43)38-17-16-30(41)42/h4-15,18-19,21H,16-17H2,1-3H3,(H,38,43)(H,41,42). The van der Waals surface area contributed by atoms with Gasteiger partial charge in [0.1, 0.15) is 5.75 Å². The highest BCUT2D eigenvalue weighted by molar-refractivity contribution is 5.94. The molecule has 0 saturated carbocycles. The maximum absolute atomic E-state index is 14.1. The third kappa shape index (κ3) is 6.15. The van der Waals surface area contributed by atoms with Crippen LogP contribution < -0.4 is 10.1 Å². The molecule has 4 aromatic carbocycles. The molecule has 1 aromatic heterocycles. The van der Waals surface area contributed by atoms with Crippen molar-refractivity contribution >= 4 is 22.6 Å². The van der Waals surface area contributed by atoms with Gasteiger partial charge in [0.15, 0.2) is 0 Å². The topological polar surface area (TPSA) is 93.5 Å². The molecule has 5 aromatic rings. The van der Waals surface area contributed by atoms with Crippen molar-refractivity contribution in [3.8, 4) is 28.3 Å². The van der Waals surface area contributed by atoms with Gasteiger partial charge in [0.25, 0.3) is 5.91 Å². The van der Waals surface area contributed by atoms with Gasteiger partial charge in [-0.1, -0.05) is 48.5 Å². The highest BCUT2D eigenvalue weighted by Crippen LogP contribution is 2.41.